The van der Waals surface area contributed by atoms with Crippen molar-refractivity contribution in [3.05, 3.63) is 62.8 Å². The van der Waals surface area contributed by atoms with Crippen LogP contribution in [0.2, 0.25) is 0 Å². The van der Waals surface area contributed by atoms with Gasteiger partial charge in [0.15, 0.2) is 0 Å². The monoisotopic (exact) mass is 343 g/mol. The van der Waals surface area contributed by atoms with E-state index in [0.717, 1.165) is 11.3 Å². The van der Waals surface area contributed by atoms with Crippen LogP contribution in [0.25, 0.3) is 0 Å². The Labute approximate surface area is 143 Å². The minimum atomic E-state index is -0.714. The Morgan fingerprint density at radius 1 is 1.28 bits per heavy atom. The normalized spacial score (nSPS) is 16.1. The molecule has 2 aromatic rings. The third kappa shape index (κ3) is 3.45. The maximum Gasteiger partial charge on any atom is 0.253 e. The highest BCUT2D eigenvalue weighted by Crippen LogP contribution is 2.32. The molecule has 0 aliphatic carbocycles. The standard InChI is InChI=1S/C18H18FN3O3/c1-9-5-10(2)21-18(25)14(9)8-20-17(24)13-7-16(23)22-15-6-11(19)3-4-12(13)15/h3-6,13H,7-8H2,1-2H3,(H,20,24)(H,21,25)(H,22,23). The number of aromatic nitrogens is 1. The fraction of sp³-hybridized carbons (Fsp3) is 0.278. The van der Waals surface area contributed by atoms with E-state index in [4.69, 9.17) is 0 Å². The van der Waals surface area contributed by atoms with Crippen LogP contribution in [-0.2, 0) is 16.1 Å². The van der Waals surface area contributed by atoms with E-state index >= 15 is 0 Å². The van der Waals surface area contributed by atoms with Crippen LogP contribution in [0.4, 0.5) is 10.1 Å². The molecule has 0 bridgehead atoms. The molecule has 7 heteroatoms. The number of aryl methyl sites for hydroxylation is 2. The van der Waals surface area contributed by atoms with Gasteiger partial charge in [-0.2, -0.15) is 0 Å². The summed E-state index contributed by atoms with van der Waals surface area (Å²) in [5.74, 6) is -1.92. The van der Waals surface area contributed by atoms with E-state index in [0.29, 0.717) is 16.8 Å². The van der Waals surface area contributed by atoms with Gasteiger partial charge in [0.05, 0.1) is 5.92 Å². The summed E-state index contributed by atoms with van der Waals surface area (Å²) < 4.78 is 13.4. The lowest BCUT2D eigenvalue weighted by Gasteiger charge is -2.25. The van der Waals surface area contributed by atoms with Gasteiger partial charge in [0.1, 0.15) is 5.82 Å². The molecule has 6 nitrogen and oxygen atoms in total. The van der Waals surface area contributed by atoms with E-state index in [1.165, 1.54) is 18.2 Å². The van der Waals surface area contributed by atoms with Crippen LogP contribution in [0.3, 0.4) is 0 Å². The fourth-order valence-corrected chi connectivity index (χ4v) is 3.07. The topological polar surface area (TPSA) is 91.1 Å². The highest BCUT2D eigenvalue weighted by atomic mass is 19.1. The number of fused-ring (bicyclic) bond motifs is 1. The van der Waals surface area contributed by atoms with Gasteiger partial charge < -0.3 is 15.6 Å². The summed E-state index contributed by atoms with van der Waals surface area (Å²) in [6.07, 6.45) is -0.0201. The Kier molecular flexibility index (Phi) is 4.39. The Balaban J connectivity index is 1.81. The van der Waals surface area contributed by atoms with Gasteiger partial charge in [-0.15, -0.1) is 0 Å². The van der Waals surface area contributed by atoms with Crippen molar-refractivity contribution in [1.82, 2.24) is 10.3 Å². The predicted octanol–water partition coefficient (Wildman–Crippen LogP) is 1.87. The molecule has 1 atom stereocenters. The average Bonchev–Trinajstić information content (AvgIpc) is 2.52. The van der Waals surface area contributed by atoms with E-state index in [2.05, 4.69) is 15.6 Å². The summed E-state index contributed by atoms with van der Waals surface area (Å²) in [5.41, 5.74) is 2.62. The average molecular weight is 343 g/mol. The smallest absolute Gasteiger partial charge is 0.253 e. The summed E-state index contributed by atoms with van der Waals surface area (Å²) in [4.78, 5) is 39.1. The van der Waals surface area contributed by atoms with Crippen LogP contribution < -0.4 is 16.2 Å². The van der Waals surface area contributed by atoms with Crippen LogP contribution in [0.15, 0.2) is 29.1 Å². The lowest BCUT2D eigenvalue weighted by atomic mass is 9.89. The van der Waals surface area contributed by atoms with E-state index in [-0.39, 0.29) is 30.3 Å². The number of hydrogen-bond acceptors (Lipinski definition) is 3. The molecule has 1 aliphatic heterocycles. The maximum absolute atomic E-state index is 13.4. The molecule has 0 radical (unpaired) electrons. The lowest BCUT2D eigenvalue weighted by Crippen LogP contribution is -2.36. The Bertz CT molecular complexity index is 920. The quantitative estimate of drug-likeness (QED) is 0.795. The SMILES string of the molecule is Cc1cc(C)c(CNC(=O)C2CC(=O)Nc3cc(F)ccc32)c(=O)[nH]1. The molecule has 3 N–H and O–H groups in total. The number of aromatic amines is 1. The van der Waals surface area contributed by atoms with Crippen molar-refractivity contribution in [3.8, 4) is 0 Å². The first-order valence-corrected chi connectivity index (χ1v) is 7.91. The molecule has 1 unspecified atom stereocenters. The van der Waals surface area contributed by atoms with E-state index in [1.54, 1.807) is 13.8 Å². The van der Waals surface area contributed by atoms with Gasteiger partial charge >= 0.3 is 0 Å². The van der Waals surface area contributed by atoms with Crippen LogP contribution in [0, 0.1) is 19.7 Å². The van der Waals surface area contributed by atoms with Crippen LogP contribution in [-0.4, -0.2) is 16.8 Å². The van der Waals surface area contributed by atoms with Gasteiger partial charge in [0.25, 0.3) is 5.56 Å². The van der Waals surface area contributed by atoms with Gasteiger partial charge in [0.2, 0.25) is 11.8 Å². The van der Waals surface area contributed by atoms with Crippen molar-refractivity contribution in [2.24, 2.45) is 0 Å². The van der Waals surface area contributed by atoms with Gasteiger partial charge in [0, 0.05) is 29.9 Å². The first-order valence-electron chi connectivity index (χ1n) is 7.91. The maximum atomic E-state index is 13.4. The second-order valence-corrected chi connectivity index (χ2v) is 6.20. The van der Waals surface area contributed by atoms with Gasteiger partial charge in [-0.3, -0.25) is 14.4 Å². The Hall–Kier alpha value is -2.96. The molecular weight excluding hydrogens is 325 g/mol. The number of pyridine rings is 1. The highest BCUT2D eigenvalue weighted by Gasteiger charge is 2.30. The predicted molar refractivity (Wildman–Crippen MR) is 90.8 cm³/mol. The first-order chi connectivity index (χ1) is 11.8. The molecular formula is C18H18FN3O3. The zero-order chi connectivity index (χ0) is 18.1. The molecule has 130 valence electrons. The zero-order valence-corrected chi connectivity index (χ0v) is 13.9. The first kappa shape index (κ1) is 16.9. The van der Waals surface area contributed by atoms with E-state index < -0.39 is 11.7 Å². The third-order valence-electron chi connectivity index (χ3n) is 4.30. The number of anilines is 1. The number of amides is 2. The molecule has 2 amide bonds. The second kappa shape index (κ2) is 6.51. The van der Waals surface area contributed by atoms with Crippen molar-refractivity contribution in [2.75, 3.05) is 5.32 Å². The molecule has 0 spiro atoms. The molecule has 3 rings (SSSR count). The molecule has 1 aromatic heterocycles. The number of rotatable bonds is 3. The summed E-state index contributed by atoms with van der Waals surface area (Å²) in [6, 6.07) is 5.78. The van der Waals surface area contributed by atoms with Crippen molar-refractivity contribution in [1.29, 1.82) is 0 Å². The van der Waals surface area contributed by atoms with Gasteiger partial charge in [-0.1, -0.05) is 6.07 Å². The molecule has 0 fully saturated rings. The largest absolute Gasteiger partial charge is 0.351 e. The number of benzene rings is 1. The molecule has 1 aromatic carbocycles. The highest BCUT2D eigenvalue weighted by molar-refractivity contribution is 6.01. The van der Waals surface area contributed by atoms with Gasteiger partial charge in [-0.25, -0.2) is 4.39 Å². The van der Waals surface area contributed by atoms with Gasteiger partial charge in [-0.05, 0) is 43.2 Å². The zero-order valence-electron chi connectivity index (χ0n) is 13.9. The second-order valence-electron chi connectivity index (χ2n) is 6.20. The van der Waals surface area contributed by atoms with Crippen molar-refractivity contribution in [3.63, 3.8) is 0 Å². The fourth-order valence-electron chi connectivity index (χ4n) is 3.07. The number of carbonyl (C=O) groups excluding carboxylic acids is 2. The molecule has 0 saturated heterocycles. The summed E-state index contributed by atoms with van der Waals surface area (Å²) in [5, 5.41) is 5.28. The van der Waals surface area contributed by atoms with Crippen molar-refractivity contribution in [2.45, 2.75) is 32.7 Å². The third-order valence-corrected chi connectivity index (χ3v) is 4.30. The summed E-state index contributed by atoms with van der Waals surface area (Å²) in [7, 11) is 0. The minimum absolute atomic E-state index is 0.0201. The molecule has 25 heavy (non-hydrogen) atoms. The van der Waals surface area contributed by atoms with Crippen molar-refractivity contribution >= 4 is 17.5 Å². The van der Waals surface area contributed by atoms with E-state index in [1.807, 2.05) is 6.07 Å². The Morgan fingerprint density at radius 2 is 2.04 bits per heavy atom. The van der Waals surface area contributed by atoms with Crippen LogP contribution in [0.5, 0.6) is 0 Å². The number of halogens is 1. The molecule has 0 saturated carbocycles. The molecule has 1 aliphatic rings. The Morgan fingerprint density at radius 3 is 2.76 bits per heavy atom. The van der Waals surface area contributed by atoms with Crippen molar-refractivity contribution < 1.29 is 14.0 Å². The van der Waals surface area contributed by atoms with Crippen LogP contribution in [0.1, 0.15) is 34.7 Å². The van der Waals surface area contributed by atoms with Crippen LogP contribution >= 0.6 is 0 Å². The number of hydrogen-bond donors (Lipinski definition) is 3. The molecule has 2 heterocycles. The summed E-state index contributed by atoms with van der Waals surface area (Å²) >= 11 is 0. The number of H-pyrrole nitrogens is 1. The number of nitrogens with one attached hydrogen (secondary N) is 3. The van der Waals surface area contributed by atoms with E-state index in [9.17, 15) is 18.8 Å². The lowest BCUT2D eigenvalue weighted by molar-refractivity contribution is -0.126. The summed E-state index contributed by atoms with van der Waals surface area (Å²) in [6.45, 7) is 3.65. The minimum Gasteiger partial charge on any atom is -0.351 e. The number of carbonyl (C=O) groups is 2.